The van der Waals surface area contributed by atoms with Crippen molar-refractivity contribution in [3.63, 3.8) is 0 Å². The molecule has 2 aromatic carbocycles. The van der Waals surface area contributed by atoms with E-state index >= 15 is 0 Å². The van der Waals surface area contributed by atoms with E-state index in [0.29, 0.717) is 22.6 Å². The van der Waals surface area contributed by atoms with E-state index < -0.39 is 18.0 Å². The Morgan fingerprint density at radius 3 is 2.28 bits per heavy atom. The van der Waals surface area contributed by atoms with Crippen molar-refractivity contribution in [2.45, 2.75) is 20.0 Å². The van der Waals surface area contributed by atoms with Gasteiger partial charge in [0.2, 0.25) is 0 Å². The highest BCUT2D eigenvalue weighted by atomic mass is 16.5. The minimum atomic E-state index is -0.990. The molecule has 2 aromatic rings. The molecule has 0 aliphatic carbocycles. The summed E-state index contributed by atoms with van der Waals surface area (Å²) in [6, 6.07) is 12.9. The van der Waals surface area contributed by atoms with Crippen molar-refractivity contribution in [3.8, 4) is 5.75 Å². The maximum absolute atomic E-state index is 12.2. The molecule has 1 atom stereocenters. The van der Waals surface area contributed by atoms with Crippen LogP contribution in [-0.2, 0) is 9.53 Å². The van der Waals surface area contributed by atoms with Crippen LogP contribution in [0, 0.1) is 0 Å². The van der Waals surface area contributed by atoms with Gasteiger partial charge in [-0.15, -0.1) is 0 Å². The number of carbonyl (C=O) groups excluding carboxylic acids is 3. The molecular formula is C19H19NO5. The van der Waals surface area contributed by atoms with E-state index in [1.54, 1.807) is 48.5 Å². The smallest absolute Gasteiger partial charge is 0.338 e. The molecule has 0 aliphatic heterocycles. The molecule has 0 spiro atoms. The SMILES string of the molecule is COc1ccc(C(=O)OC(C)C(=O)Nc2cccc(C(C)=O)c2)cc1. The van der Waals surface area contributed by atoms with Gasteiger partial charge in [-0.2, -0.15) is 0 Å². The largest absolute Gasteiger partial charge is 0.497 e. The zero-order valence-electron chi connectivity index (χ0n) is 14.2. The molecule has 0 fully saturated rings. The number of hydrogen-bond donors (Lipinski definition) is 1. The molecule has 0 bridgehead atoms. The van der Waals surface area contributed by atoms with E-state index in [1.807, 2.05) is 0 Å². The van der Waals surface area contributed by atoms with Crippen LogP contribution in [0.15, 0.2) is 48.5 Å². The third-order valence-corrected chi connectivity index (χ3v) is 3.52. The lowest BCUT2D eigenvalue weighted by molar-refractivity contribution is -0.123. The summed E-state index contributed by atoms with van der Waals surface area (Å²) in [6.07, 6.45) is -0.990. The van der Waals surface area contributed by atoms with Crippen LogP contribution < -0.4 is 10.1 Å². The van der Waals surface area contributed by atoms with Crippen LogP contribution in [0.3, 0.4) is 0 Å². The maximum atomic E-state index is 12.2. The lowest BCUT2D eigenvalue weighted by atomic mass is 10.1. The number of anilines is 1. The maximum Gasteiger partial charge on any atom is 0.338 e. The van der Waals surface area contributed by atoms with Crippen LogP contribution in [0.4, 0.5) is 5.69 Å². The monoisotopic (exact) mass is 341 g/mol. The van der Waals surface area contributed by atoms with E-state index in [9.17, 15) is 14.4 Å². The van der Waals surface area contributed by atoms with Crippen LogP contribution in [0.2, 0.25) is 0 Å². The topological polar surface area (TPSA) is 81.7 Å². The predicted molar refractivity (Wildman–Crippen MR) is 92.9 cm³/mol. The van der Waals surface area contributed by atoms with Gasteiger partial charge in [-0.05, 0) is 50.2 Å². The fourth-order valence-electron chi connectivity index (χ4n) is 2.07. The van der Waals surface area contributed by atoms with Crippen molar-refractivity contribution in [1.82, 2.24) is 0 Å². The van der Waals surface area contributed by atoms with Gasteiger partial charge in [0.1, 0.15) is 5.75 Å². The van der Waals surface area contributed by atoms with E-state index in [0.717, 1.165) is 0 Å². The van der Waals surface area contributed by atoms with Crippen LogP contribution >= 0.6 is 0 Å². The Kier molecular flexibility index (Phi) is 5.89. The van der Waals surface area contributed by atoms with E-state index in [2.05, 4.69) is 5.32 Å². The first-order valence-electron chi connectivity index (χ1n) is 7.67. The second kappa shape index (κ2) is 8.10. The van der Waals surface area contributed by atoms with Crippen molar-refractivity contribution >= 4 is 23.3 Å². The summed E-state index contributed by atoms with van der Waals surface area (Å²) in [5.74, 6) is -0.576. The first-order chi connectivity index (χ1) is 11.9. The predicted octanol–water partition coefficient (Wildman–Crippen LogP) is 3.08. The number of amides is 1. The first-order valence-corrected chi connectivity index (χ1v) is 7.67. The number of hydrogen-bond acceptors (Lipinski definition) is 5. The molecule has 1 N–H and O–H groups in total. The van der Waals surface area contributed by atoms with Crippen LogP contribution in [0.1, 0.15) is 34.6 Å². The Labute approximate surface area is 145 Å². The third-order valence-electron chi connectivity index (χ3n) is 3.52. The number of esters is 1. The molecule has 1 amide bonds. The fourth-order valence-corrected chi connectivity index (χ4v) is 2.07. The minimum Gasteiger partial charge on any atom is -0.497 e. The average Bonchev–Trinajstić information content (AvgIpc) is 2.61. The Balaban J connectivity index is 1.98. The molecule has 0 radical (unpaired) electrons. The molecule has 0 saturated heterocycles. The highest BCUT2D eigenvalue weighted by Crippen LogP contribution is 2.14. The molecule has 0 aromatic heterocycles. The molecule has 130 valence electrons. The number of Topliss-reactive ketones (excluding diaryl/α,β-unsaturated/α-hetero) is 1. The summed E-state index contributed by atoms with van der Waals surface area (Å²) in [5.41, 5.74) is 1.27. The molecule has 0 aliphatic rings. The molecule has 6 nitrogen and oxygen atoms in total. The average molecular weight is 341 g/mol. The van der Waals surface area contributed by atoms with Crippen LogP contribution in [-0.4, -0.2) is 30.9 Å². The normalized spacial score (nSPS) is 11.3. The van der Waals surface area contributed by atoms with Gasteiger partial charge in [-0.3, -0.25) is 9.59 Å². The van der Waals surface area contributed by atoms with Crippen LogP contribution in [0.5, 0.6) is 5.75 Å². The van der Waals surface area contributed by atoms with Crippen molar-refractivity contribution < 1.29 is 23.9 Å². The summed E-state index contributed by atoms with van der Waals surface area (Å²) < 4.78 is 10.2. The number of ketones is 1. The number of rotatable bonds is 6. The van der Waals surface area contributed by atoms with Gasteiger partial charge in [0.05, 0.1) is 12.7 Å². The Bertz CT molecular complexity index is 783. The molecule has 6 heteroatoms. The zero-order valence-corrected chi connectivity index (χ0v) is 14.2. The molecule has 0 heterocycles. The van der Waals surface area contributed by atoms with Crippen molar-refractivity contribution in [3.05, 3.63) is 59.7 Å². The van der Waals surface area contributed by atoms with Gasteiger partial charge in [0.25, 0.3) is 5.91 Å². The summed E-state index contributed by atoms with van der Waals surface area (Å²) in [4.78, 5) is 35.6. The fraction of sp³-hybridized carbons (Fsp3) is 0.211. The second-order valence-corrected chi connectivity index (χ2v) is 5.40. The minimum absolute atomic E-state index is 0.102. The van der Waals surface area contributed by atoms with Gasteiger partial charge in [-0.25, -0.2) is 4.79 Å². The van der Waals surface area contributed by atoms with Gasteiger partial charge in [0.15, 0.2) is 11.9 Å². The Morgan fingerprint density at radius 1 is 1.00 bits per heavy atom. The second-order valence-electron chi connectivity index (χ2n) is 5.40. The molecule has 0 saturated carbocycles. The van der Waals surface area contributed by atoms with Crippen molar-refractivity contribution in [2.75, 3.05) is 12.4 Å². The summed E-state index contributed by atoms with van der Waals surface area (Å²) in [7, 11) is 1.53. The van der Waals surface area contributed by atoms with Crippen molar-refractivity contribution in [2.24, 2.45) is 0 Å². The Hall–Kier alpha value is -3.15. The van der Waals surface area contributed by atoms with Gasteiger partial charge >= 0.3 is 5.97 Å². The molecular weight excluding hydrogens is 322 g/mol. The summed E-state index contributed by atoms with van der Waals surface area (Å²) >= 11 is 0. The molecule has 1 unspecified atom stereocenters. The quantitative estimate of drug-likeness (QED) is 0.645. The van der Waals surface area contributed by atoms with E-state index in [-0.39, 0.29) is 5.78 Å². The van der Waals surface area contributed by atoms with Crippen LogP contribution in [0.25, 0.3) is 0 Å². The number of benzene rings is 2. The van der Waals surface area contributed by atoms with Gasteiger partial charge in [0, 0.05) is 11.3 Å². The number of nitrogens with one attached hydrogen (secondary N) is 1. The number of methoxy groups -OCH3 is 1. The van der Waals surface area contributed by atoms with Gasteiger partial charge in [-0.1, -0.05) is 12.1 Å². The summed E-state index contributed by atoms with van der Waals surface area (Å²) in [5, 5.41) is 2.62. The van der Waals surface area contributed by atoms with E-state index in [4.69, 9.17) is 9.47 Å². The molecule has 25 heavy (non-hydrogen) atoms. The summed E-state index contributed by atoms with van der Waals surface area (Å²) in [6.45, 7) is 2.92. The lowest BCUT2D eigenvalue weighted by Crippen LogP contribution is -2.30. The van der Waals surface area contributed by atoms with Crippen molar-refractivity contribution in [1.29, 1.82) is 0 Å². The Morgan fingerprint density at radius 2 is 1.68 bits per heavy atom. The zero-order chi connectivity index (χ0) is 18.4. The number of carbonyl (C=O) groups is 3. The highest BCUT2D eigenvalue weighted by molar-refractivity contribution is 5.99. The first kappa shape index (κ1) is 18.2. The highest BCUT2D eigenvalue weighted by Gasteiger charge is 2.19. The lowest BCUT2D eigenvalue weighted by Gasteiger charge is -2.14. The molecule has 2 rings (SSSR count). The third kappa shape index (κ3) is 4.91. The number of ether oxygens (including phenoxy) is 2. The standard InChI is InChI=1S/C19H19NO5/c1-12(21)15-5-4-6-16(11-15)20-18(22)13(2)25-19(23)14-7-9-17(24-3)10-8-14/h4-11,13H,1-3H3,(H,20,22). The van der Waals surface area contributed by atoms with E-state index in [1.165, 1.54) is 21.0 Å². The van der Waals surface area contributed by atoms with Gasteiger partial charge < -0.3 is 14.8 Å².